The summed E-state index contributed by atoms with van der Waals surface area (Å²) in [5.74, 6) is -4.04. The first-order valence-corrected chi connectivity index (χ1v) is 6.64. The van der Waals surface area contributed by atoms with E-state index < -0.39 is 35.9 Å². The third kappa shape index (κ3) is 4.56. The standard InChI is InChI=1S/C15H18F3NO3/c1-9(11-7-5-4-6-8-11)19-13(15(16,17)18)12(10(2)20)14(21)22-3/h4-9,12-13,19H,1-3H3/t9-,12?,13?/m1/s1. The molecule has 2 unspecified atom stereocenters. The Balaban J connectivity index is 3.08. The van der Waals surface area contributed by atoms with Crippen LogP contribution in [0.2, 0.25) is 0 Å². The molecule has 0 aliphatic rings. The van der Waals surface area contributed by atoms with Gasteiger partial charge in [0.1, 0.15) is 17.7 Å². The van der Waals surface area contributed by atoms with Gasteiger partial charge >= 0.3 is 12.1 Å². The highest BCUT2D eigenvalue weighted by Crippen LogP contribution is 2.29. The quantitative estimate of drug-likeness (QED) is 0.647. The molecule has 4 nitrogen and oxygen atoms in total. The zero-order valence-electron chi connectivity index (χ0n) is 12.5. The van der Waals surface area contributed by atoms with Crippen molar-refractivity contribution in [2.75, 3.05) is 7.11 Å². The zero-order chi connectivity index (χ0) is 16.9. The van der Waals surface area contributed by atoms with Crippen LogP contribution in [0.15, 0.2) is 30.3 Å². The lowest BCUT2D eigenvalue weighted by molar-refractivity contribution is -0.184. The highest BCUT2D eigenvalue weighted by Gasteiger charge is 2.50. The van der Waals surface area contributed by atoms with Crippen molar-refractivity contribution in [3.8, 4) is 0 Å². The molecule has 0 saturated heterocycles. The Labute approximate surface area is 126 Å². The minimum absolute atomic E-state index is 0.615. The van der Waals surface area contributed by atoms with Crippen LogP contribution in [0.25, 0.3) is 0 Å². The van der Waals surface area contributed by atoms with Crippen molar-refractivity contribution < 1.29 is 27.5 Å². The van der Waals surface area contributed by atoms with Crippen molar-refractivity contribution in [2.24, 2.45) is 5.92 Å². The molecule has 0 aromatic heterocycles. The maximum atomic E-state index is 13.3. The average Bonchev–Trinajstić information content (AvgIpc) is 2.45. The first-order valence-electron chi connectivity index (χ1n) is 6.64. The Kier molecular flexibility index (Phi) is 6.11. The van der Waals surface area contributed by atoms with Gasteiger partial charge in [-0.05, 0) is 19.4 Å². The van der Waals surface area contributed by atoms with E-state index in [0.29, 0.717) is 5.56 Å². The molecule has 0 saturated carbocycles. The van der Waals surface area contributed by atoms with E-state index in [9.17, 15) is 22.8 Å². The Morgan fingerprint density at radius 3 is 2.14 bits per heavy atom. The molecule has 0 aliphatic carbocycles. The molecule has 1 aromatic carbocycles. The Hall–Kier alpha value is -1.89. The molecular weight excluding hydrogens is 299 g/mol. The highest BCUT2D eigenvalue weighted by molar-refractivity contribution is 5.98. The molecular formula is C15H18F3NO3. The van der Waals surface area contributed by atoms with Crippen LogP contribution < -0.4 is 5.32 Å². The van der Waals surface area contributed by atoms with E-state index in [1.54, 1.807) is 30.3 Å². The SMILES string of the molecule is COC(=O)C(C(C)=O)C(N[C@H](C)c1ccccc1)C(F)(F)F. The first kappa shape index (κ1) is 18.2. The number of methoxy groups -OCH3 is 1. The predicted molar refractivity (Wildman–Crippen MR) is 74.0 cm³/mol. The van der Waals surface area contributed by atoms with Gasteiger partial charge in [-0.2, -0.15) is 13.2 Å². The molecule has 1 N–H and O–H groups in total. The van der Waals surface area contributed by atoms with Crippen LogP contribution in [0.3, 0.4) is 0 Å². The Morgan fingerprint density at radius 1 is 1.18 bits per heavy atom. The van der Waals surface area contributed by atoms with Crippen LogP contribution in [0.4, 0.5) is 13.2 Å². The summed E-state index contributed by atoms with van der Waals surface area (Å²) in [4.78, 5) is 23.1. The monoisotopic (exact) mass is 317 g/mol. The molecule has 0 amide bonds. The lowest BCUT2D eigenvalue weighted by Gasteiger charge is -2.29. The van der Waals surface area contributed by atoms with Crippen molar-refractivity contribution in [1.29, 1.82) is 0 Å². The van der Waals surface area contributed by atoms with Crippen LogP contribution in [0, 0.1) is 5.92 Å². The molecule has 0 spiro atoms. The fourth-order valence-electron chi connectivity index (χ4n) is 2.15. The second kappa shape index (κ2) is 7.40. The zero-order valence-corrected chi connectivity index (χ0v) is 12.5. The van der Waals surface area contributed by atoms with Crippen molar-refractivity contribution >= 4 is 11.8 Å². The molecule has 0 aliphatic heterocycles. The molecule has 22 heavy (non-hydrogen) atoms. The van der Waals surface area contributed by atoms with E-state index in [-0.39, 0.29) is 0 Å². The Bertz CT molecular complexity index is 517. The number of Topliss-reactive ketones (excluding diaryl/α,β-unsaturated/α-hetero) is 1. The molecule has 0 heterocycles. The van der Waals surface area contributed by atoms with Crippen LogP contribution in [-0.2, 0) is 14.3 Å². The summed E-state index contributed by atoms with van der Waals surface area (Å²) in [5, 5.41) is 2.32. The second-order valence-corrected chi connectivity index (χ2v) is 4.93. The normalized spacial score (nSPS) is 15.7. The Morgan fingerprint density at radius 2 is 1.73 bits per heavy atom. The van der Waals surface area contributed by atoms with Gasteiger partial charge in [-0.1, -0.05) is 30.3 Å². The van der Waals surface area contributed by atoms with Gasteiger partial charge in [0.25, 0.3) is 0 Å². The van der Waals surface area contributed by atoms with E-state index in [1.165, 1.54) is 6.92 Å². The largest absolute Gasteiger partial charge is 0.468 e. The van der Waals surface area contributed by atoms with Gasteiger partial charge in [0.2, 0.25) is 0 Å². The molecule has 0 bridgehead atoms. The highest BCUT2D eigenvalue weighted by atomic mass is 19.4. The number of hydrogen-bond donors (Lipinski definition) is 1. The number of benzene rings is 1. The van der Waals surface area contributed by atoms with Gasteiger partial charge in [-0.3, -0.25) is 14.9 Å². The van der Waals surface area contributed by atoms with Crippen LogP contribution in [0.5, 0.6) is 0 Å². The van der Waals surface area contributed by atoms with Crippen molar-refractivity contribution in [1.82, 2.24) is 5.32 Å². The van der Waals surface area contributed by atoms with Gasteiger partial charge < -0.3 is 4.74 Å². The van der Waals surface area contributed by atoms with E-state index in [0.717, 1.165) is 14.0 Å². The summed E-state index contributed by atoms with van der Waals surface area (Å²) in [5.41, 5.74) is 0.615. The molecule has 0 radical (unpaired) electrons. The number of ether oxygens (including phenoxy) is 1. The summed E-state index contributed by atoms with van der Waals surface area (Å²) < 4.78 is 44.2. The third-order valence-corrected chi connectivity index (χ3v) is 3.31. The number of nitrogens with one attached hydrogen (secondary N) is 1. The number of esters is 1. The summed E-state index contributed by atoms with van der Waals surface area (Å²) in [6.45, 7) is 2.47. The summed E-state index contributed by atoms with van der Waals surface area (Å²) >= 11 is 0. The molecule has 1 rings (SSSR count). The maximum Gasteiger partial charge on any atom is 0.405 e. The maximum absolute atomic E-state index is 13.3. The number of hydrogen-bond acceptors (Lipinski definition) is 4. The van der Waals surface area contributed by atoms with Gasteiger partial charge in [0.15, 0.2) is 0 Å². The minimum Gasteiger partial charge on any atom is -0.468 e. The van der Waals surface area contributed by atoms with Crippen LogP contribution >= 0.6 is 0 Å². The van der Waals surface area contributed by atoms with Crippen molar-refractivity contribution in [2.45, 2.75) is 32.1 Å². The van der Waals surface area contributed by atoms with Crippen molar-refractivity contribution in [3.63, 3.8) is 0 Å². The molecule has 1 aromatic rings. The minimum atomic E-state index is -4.77. The van der Waals surface area contributed by atoms with Gasteiger partial charge in [-0.25, -0.2) is 0 Å². The number of carbonyl (C=O) groups is 2. The van der Waals surface area contributed by atoms with E-state index in [1.807, 2.05) is 0 Å². The third-order valence-electron chi connectivity index (χ3n) is 3.31. The molecule has 0 fully saturated rings. The van der Waals surface area contributed by atoms with Crippen molar-refractivity contribution in [3.05, 3.63) is 35.9 Å². The van der Waals surface area contributed by atoms with E-state index in [4.69, 9.17) is 0 Å². The first-order chi connectivity index (χ1) is 10.2. The smallest absolute Gasteiger partial charge is 0.405 e. The average molecular weight is 317 g/mol. The van der Waals surface area contributed by atoms with Crippen LogP contribution in [-0.4, -0.2) is 31.1 Å². The second-order valence-electron chi connectivity index (χ2n) is 4.93. The fourth-order valence-corrected chi connectivity index (χ4v) is 2.15. The van der Waals surface area contributed by atoms with Gasteiger partial charge in [0.05, 0.1) is 7.11 Å². The van der Waals surface area contributed by atoms with E-state index in [2.05, 4.69) is 10.1 Å². The van der Waals surface area contributed by atoms with Gasteiger partial charge in [-0.15, -0.1) is 0 Å². The molecule has 7 heteroatoms. The number of alkyl halides is 3. The number of rotatable bonds is 6. The summed E-state index contributed by atoms with van der Waals surface area (Å²) in [6.07, 6.45) is -4.77. The topological polar surface area (TPSA) is 55.4 Å². The molecule has 122 valence electrons. The van der Waals surface area contributed by atoms with Gasteiger partial charge in [0, 0.05) is 6.04 Å². The predicted octanol–water partition coefficient (Wildman–Crippen LogP) is 2.65. The summed E-state index contributed by atoms with van der Waals surface area (Å²) in [6, 6.07) is 5.44. The summed E-state index contributed by atoms with van der Waals surface area (Å²) in [7, 11) is 0.951. The molecule has 3 atom stereocenters. The van der Waals surface area contributed by atoms with E-state index >= 15 is 0 Å². The number of carbonyl (C=O) groups excluding carboxylic acids is 2. The lowest BCUT2D eigenvalue weighted by Crippen LogP contribution is -2.53. The lowest BCUT2D eigenvalue weighted by atomic mass is 9.93. The number of halogens is 3. The van der Waals surface area contributed by atoms with Crippen LogP contribution in [0.1, 0.15) is 25.5 Å². The fraction of sp³-hybridized carbons (Fsp3) is 0.467. The number of ketones is 1.